The molecule has 2 rings (SSSR count). The predicted molar refractivity (Wildman–Crippen MR) is 53.6 cm³/mol. The standard InChI is InChI=1S/C11H8N2O/c14-8-12-6-9-5-10-3-1-2-4-11(10)13-7-9/h1-5,7H,6H2. The molecule has 0 aliphatic rings. The minimum atomic E-state index is 0.349. The van der Waals surface area contributed by atoms with Crippen molar-refractivity contribution in [2.75, 3.05) is 0 Å². The maximum Gasteiger partial charge on any atom is 0.235 e. The van der Waals surface area contributed by atoms with Crippen molar-refractivity contribution in [2.24, 2.45) is 4.99 Å². The molecule has 0 saturated heterocycles. The Balaban J connectivity index is 2.45. The summed E-state index contributed by atoms with van der Waals surface area (Å²) < 4.78 is 0. The van der Waals surface area contributed by atoms with E-state index in [4.69, 9.17) is 0 Å². The molecule has 0 aliphatic carbocycles. The summed E-state index contributed by atoms with van der Waals surface area (Å²) in [6, 6.07) is 9.80. The third kappa shape index (κ3) is 1.68. The summed E-state index contributed by atoms with van der Waals surface area (Å²) in [6.45, 7) is 0.349. The number of pyridine rings is 1. The van der Waals surface area contributed by atoms with Gasteiger partial charge in [-0.25, -0.2) is 9.79 Å². The predicted octanol–water partition coefficient (Wildman–Crippen LogP) is 2.07. The molecule has 2 aromatic rings. The number of nitrogens with zero attached hydrogens (tertiary/aromatic N) is 2. The zero-order chi connectivity index (χ0) is 9.80. The molecule has 1 heterocycles. The lowest BCUT2D eigenvalue weighted by molar-refractivity contribution is 0.563. The number of aliphatic imine (C=N–C) groups is 1. The first-order valence-corrected chi connectivity index (χ1v) is 4.27. The third-order valence-corrected chi connectivity index (χ3v) is 1.97. The Kier molecular flexibility index (Phi) is 2.34. The van der Waals surface area contributed by atoms with E-state index >= 15 is 0 Å². The largest absolute Gasteiger partial charge is 0.256 e. The molecule has 1 aromatic carbocycles. The first-order chi connectivity index (χ1) is 6.90. The molecule has 0 aliphatic heterocycles. The van der Waals surface area contributed by atoms with Crippen LogP contribution in [0, 0.1) is 0 Å². The number of fused-ring (bicyclic) bond motifs is 1. The van der Waals surface area contributed by atoms with Crippen molar-refractivity contribution in [1.82, 2.24) is 4.98 Å². The number of isocyanates is 1. The fraction of sp³-hybridized carbons (Fsp3) is 0.0909. The summed E-state index contributed by atoms with van der Waals surface area (Å²) in [5.74, 6) is 0. The SMILES string of the molecule is O=C=NCc1cnc2ccccc2c1. The lowest BCUT2D eigenvalue weighted by atomic mass is 10.2. The highest BCUT2D eigenvalue weighted by atomic mass is 16.1. The van der Waals surface area contributed by atoms with E-state index in [0.29, 0.717) is 6.54 Å². The summed E-state index contributed by atoms with van der Waals surface area (Å²) in [6.07, 6.45) is 3.24. The number of hydrogen-bond acceptors (Lipinski definition) is 3. The van der Waals surface area contributed by atoms with E-state index in [1.807, 2.05) is 30.3 Å². The Bertz CT molecular complexity index is 501. The number of rotatable bonds is 2. The quantitative estimate of drug-likeness (QED) is 0.529. The van der Waals surface area contributed by atoms with Crippen LogP contribution in [0.2, 0.25) is 0 Å². The summed E-state index contributed by atoms with van der Waals surface area (Å²) in [7, 11) is 0. The Morgan fingerprint density at radius 1 is 1.36 bits per heavy atom. The Morgan fingerprint density at radius 2 is 2.21 bits per heavy atom. The minimum absolute atomic E-state index is 0.349. The summed E-state index contributed by atoms with van der Waals surface area (Å²) in [4.78, 5) is 17.7. The minimum Gasteiger partial charge on any atom is -0.256 e. The van der Waals surface area contributed by atoms with E-state index in [9.17, 15) is 4.79 Å². The number of hydrogen-bond donors (Lipinski definition) is 0. The normalized spacial score (nSPS) is 9.71. The van der Waals surface area contributed by atoms with Gasteiger partial charge in [0.05, 0.1) is 12.1 Å². The van der Waals surface area contributed by atoms with Crippen LogP contribution in [0.15, 0.2) is 41.5 Å². The van der Waals surface area contributed by atoms with E-state index in [1.54, 1.807) is 6.20 Å². The van der Waals surface area contributed by atoms with Crippen molar-refractivity contribution >= 4 is 17.0 Å². The van der Waals surface area contributed by atoms with Crippen molar-refractivity contribution in [3.05, 3.63) is 42.1 Å². The number of benzene rings is 1. The van der Waals surface area contributed by atoms with Crippen LogP contribution in [0.5, 0.6) is 0 Å². The maximum atomic E-state index is 9.93. The number of aromatic nitrogens is 1. The Labute approximate surface area is 81.1 Å². The van der Waals surface area contributed by atoms with Crippen LogP contribution in [-0.4, -0.2) is 11.1 Å². The van der Waals surface area contributed by atoms with Gasteiger partial charge in [0.15, 0.2) is 0 Å². The molecule has 3 heteroatoms. The van der Waals surface area contributed by atoms with Crippen LogP contribution in [0.3, 0.4) is 0 Å². The molecule has 3 nitrogen and oxygen atoms in total. The van der Waals surface area contributed by atoms with Gasteiger partial charge in [0.25, 0.3) is 0 Å². The molecular formula is C11H8N2O. The molecule has 68 valence electrons. The molecule has 0 radical (unpaired) electrons. The van der Waals surface area contributed by atoms with Crippen LogP contribution in [0.1, 0.15) is 5.56 Å². The van der Waals surface area contributed by atoms with Crippen LogP contribution >= 0.6 is 0 Å². The van der Waals surface area contributed by atoms with Crippen LogP contribution in [-0.2, 0) is 11.3 Å². The van der Waals surface area contributed by atoms with E-state index in [0.717, 1.165) is 16.5 Å². The fourth-order valence-corrected chi connectivity index (χ4v) is 1.33. The number of carbonyl (C=O) groups excluding carboxylic acids is 1. The average Bonchev–Trinajstić information content (AvgIpc) is 2.26. The summed E-state index contributed by atoms with van der Waals surface area (Å²) in [5.41, 5.74) is 1.87. The molecule has 0 unspecified atom stereocenters. The van der Waals surface area contributed by atoms with Crippen molar-refractivity contribution in [3.8, 4) is 0 Å². The van der Waals surface area contributed by atoms with Crippen LogP contribution < -0.4 is 0 Å². The molecule has 0 saturated carbocycles. The number of para-hydroxylation sites is 1. The lowest BCUT2D eigenvalue weighted by Gasteiger charge is -1.98. The van der Waals surface area contributed by atoms with Gasteiger partial charge in [0, 0.05) is 11.6 Å². The highest BCUT2D eigenvalue weighted by Gasteiger charge is 1.95. The average molecular weight is 184 g/mol. The lowest BCUT2D eigenvalue weighted by Crippen LogP contribution is -1.84. The molecule has 0 bridgehead atoms. The maximum absolute atomic E-state index is 9.93. The van der Waals surface area contributed by atoms with Crippen LogP contribution in [0.25, 0.3) is 10.9 Å². The second kappa shape index (κ2) is 3.81. The molecule has 14 heavy (non-hydrogen) atoms. The van der Waals surface area contributed by atoms with Crippen molar-refractivity contribution in [2.45, 2.75) is 6.54 Å². The Morgan fingerprint density at radius 3 is 3.07 bits per heavy atom. The van der Waals surface area contributed by atoms with Gasteiger partial charge >= 0.3 is 0 Å². The van der Waals surface area contributed by atoms with Crippen molar-refractivity contribution in [1.29, 1.82) is 0 Å². The van der Waals surface area contributed by atoms with E-state index in [-0.39, 0.29) is 0 Å². The van der Waals surface area contributed by atoms with Gasteiger partial charge in [-0.15, -0.1) is 0 Å². The molecule has 0 N–H and O–H groups in total. The second-order valence-corrected chi connectivity index (χ2v) is 2.94. The molecular weight excluding hydrogens is 176 g/mol. The second-order valence-electron chi connectivity index (χ2n) is 2.94. The fourth-order valence-electron chi connectivity index (χ4n) is 1.33. The molecule has 0 amide bonds. The topological polar surface area (TPSA) is 42.3 Å². The molecule has 0 spiro atoms. The van der Waals surface area contributed by atoms with Gasteiger partial charge in [-0.3, -0.25) is 4.98 Å². The highest BCUT2D eigenvalue weighted by Crippen LogP contribution is 2.12. The van der Waals surface area contributed by atoms with Gasteiger partial charge < -0.3 is 0 Å². The van der Waals surface area contributed by atoms with Gasteiger partial charge in [-0.2, -0.15) is 0 Å². The summed E-state index contributed by atoms with van der Waals surface area (Å²) >= 11 is 0. The monoisotopic (exact) mass is 184 g/mol. The first kappa shape index (κ1) is 8.60. The highest BCUT2D eigenvalue weighted by molar-refractivity contribution is 5.78. The van der Waals surface area contributed by atoms with E-state index in [2.05, 4.69) is 9.98 Å². The molecule has 0 atom stereocenters. The van der Waals surface area contributed by atoms with Crippen molar-refractivity contribution in [3.63, 3.8) is 0 Å². The molecule has 0 fully saturated rings. The smallest absolute Gasteiger partial charge is 0.235 e. The zero-order valence-corrected chi connectivity index (χ0v) is 7.47. The first-order valence-electron chi connectivity index (χ1n) is 4.27. The van der Waals surface area contributed by atoms with Gasteiger partial charge in [0.1, 0.15) is 0 Å². The van der Waals surface area contributed by atoms with Gasteiger partial charge in [-0.1, -0.05) is 18.2 Å². The Hall–Kier alpha value is -1.99. The summed E-state index contributed by atoms with van der Waals surface area (Å²) in [5, 5.41) is 1.06. The van der Waals surface area contributed by atoms with E-state index in [1.165, 1.54) is 6.08 Å². The molecule has 1 aromatic heterocycles. The van der Waals surface area contributed by atoms with Gasteiger partial charge in [0.2, 0.25) is 6.08 Å². The third-order valence-electron chi connectivity index (χ3n) is 1.97. The van der Waals surface area contributed by atoms with Crippen molar-refractivity contribution < 1.29 is 4.79 Å². The van der Waals surface area contributed by atoms with Gasteiger partial charge in [-0.05, 0) is 17.7 Å². The zero-order valence-electron chi connectivity index (χ0n) is 7.47. The van der Waals surface area contributed by atoms with E-state index < -0.39 is 0 Å². The van der Waals surface area contributed by atoms with Crippen LogP contribution in [0.4, 0.5) is 0 Å².